The summed E-state index contributed by atoms with van der Waals surface area (Å²) in [6.45, 7) is 31.7. The largest absolute Gasteiger partial charge is 0.455 e. The van der Waals surface area contributed by atoms with Crippen LogP contribution in [0.1, 0.15) is 70.8 Å². The molecule has 0 radical (unpaired) electrons. The summed E-state index contributed by atoms with van der Waals surface area (Å²) in [4.78, 5) is 5.24. The fraction of sp³-hybridized carbons (Fsp3) is 0.155. The van der Waals surface area contributed by atoms with Crippen molar-refractivity contribution >= 4 is 102 Å². The summed E-state index contributed by atoms with van der Waals surface area (Å²) in [6.07, 6.45) is 1.93. The van der Waals surface area contributed by atoms with Gasteiger partial charge in [-0.15, -0.1) is 0 Å². The molecule has 9 aromatic carbocycles. The fourth-order valence-electron chi connectivity index (χ4n) is 13.2. The molecule has 76 heavy (non-hydrogen) atoms. The van der Waals surface area contributed by atoms with Crippen molar-refractivity contribution in [2.75, 3.05) is 9.80 Å². The van der Waals surface area contributed by atoms with Crippen molar-refractivity contribution in [1.29, 1.82) is 0 Å². The number of hydrogen-bond acceptors (Lipinski definition) is 3. The van der Waals surface area contributed by atoms with E-state index in [0.717, 1.165) is 49.6 Å². The summed E-state index contributed by atoms with van der Waals surface area (Å²) in [5.74, 6) is 0. The third kappa shape index (κ3) is 7.05. The van der Waals surface area contributed by atoms with E-state index in [1.807, 2.05) is 24.3 Å². The number of para-hydroxylation sites is 3. The van der Waals surface area contributed by atoms with E-state index < -0.39 is 0 Å². The van der Waals surface area contributed by atoms with Crippen LogP contribution in [0.3, 0.4) is 0 Å². The highest BCUT2D eigenvalue weighted by molar-refractivity contribution is 7.00. The molecule has 2 aliphatic heterocycles. The van der Waals surface area contributed by atoms with Crippen LogP contribution in [0.2, 0.25) is 0 Å². The summed E-state index contributed by atoms with van der Waals surface area (Å²) >= 11 is 0. The average molecular weight is 984 g/mol. The summed E-state index contributed by atoms with van der Waals surface area (Å²) in [7, 11) is 0. The van der Waals surface area contributed by atoms with Crippen LogP contribution in [0.5, 0.6) is 0 Å². The van der Waals surface area contributed by atoms with E-state index in [0.29, 0.717) is 0 Å². The zero-order chi connectivity index (χ0) is 52.6. The van der Waals surface area contributed by atoms with E-state index in [2.05, 4.69) is 242 Å². The smallest absolute Gasteiger partial charge is 0.252 e. The highest BCUT2D eigenvalue weighted by Crippen LogP contribution is 2.50. The van der Waals surface area contributed by atoms with Gasteiger partial charge in [-0.25, -0.2) is 0 Å². The Kier molecular flexibility index (Phi) is 10.7. The first-order valence-electron chi connectivity index (χ1n) is 26.8. The van der Waals surface area contributed by atoms with Gasteiger partial charge in [0, 0.05) is 49.7 Å². The van der Waals surface area contributed by atoms with Gasteiger partial charge in [-0.05, 0) is 192 Å². The molecule has 0 fully saturated rings. The van der Waals surface area contributed by atoms with Crippen molar-refractivity contribution in [1.82, 2.24) is 4.57 Å². The monoisotopic (exact) mass is 983 g/mol. The quantitative estimate of drug-likeness (QED) is 0.155. The van der Waals surface area contributed by atoms with Crippen molar-refractivity contribution in [2.45, 2.75) is 74.7 Å². The van der Waals surface area contributed by atoms with Gasteiger partial charge in [-0.2, -0.15) is 0 Å². The maximum atomic E-state index is 6.57. The highest BCUT2D eigenvalue weighted by atomic mass is 16.3. The maximum absolute atomic E-state index is 6.57. The van der Waals surface area contributed by atoms with Crippen LogP contribution in [0.25, 0.3) is 61.7 Å². The first-order valence-corrected chi connectivity index (χ1v) is 26.8. The molecule has 0 saturated heterocycles. The molecule has 0 aliphatic carbocycles. The molecule has 4 heterocycles. The predicted molar refractivity (Wildman–Crippen MR) is 326 cm³/mol. The second-order valence-corrected chi connectivity index (χ2v) is 22.7. The Labute approximate surface area is 447 Å². The molecular weight excluding hydrogens is 922 g/mol. The molecular formula is C71H62BN3O. The molecule has 0 saturated carbocycles. The van der Waals surface area contributed by atoms with Gasteiger partial charge >= 0.3 is 0 Å². The molecule has 2 aromatic heterocycles. The summed E-state index contributed by atoms with van der Waals surface area (Å²) in [5, 5.41) is 4.37. The highest BCUT2D eigenvalue weighted by Gasteiger charge is 2.45. The van der Waals surface area contributed by atoms with E-state index in [1.165, 1.54) is 117 Å². The van der Waals surface area contributed by atoms with E-state index in [1.54, 1.807) is 0 Å². The van der Waals surface area contributed by atoms with Crippen LogP contribution in [0.4, 0.5) is 34.1 Å². The summed E-state index contributed by atoms with van der Waals surface area (Å²) in [6, 6.07) is 61.3. The normalized spacial score (nSPS) is 13.4. The Morgan fingerprint density at radius 1 is 0.500 bits per heavy atom. The first-order chi connectivity index (χ1) is 36.6. The molecule has 370 valence electrons. The van der Waals surface area contributed by atoms with E-state index in [-0.39, 0.29) is 12.1 Å². The molecule has 0 amide bonds. The van der Waals surface area contributed by atoms with Gasteiger partial charge in [-0.1, -0.05) is 143 Å². The van der Waals surface area contributed by atoms with E-state index >= 15 is 0 Å². The van der Waals surface area contributed by atoms with Gasteiger partial charge in [0.2, 0.25) is 0 Å². The van der Waals surface area contributed by atoms with Crippen molar-refractivity contribution < 1.29 is 4.42 Å². The van der Waals surface area contributed by atoms with Gasteiger partial charge < -0.3 is 18.8 Å². The number of nitrogens with zero attached hydrogens (tertiary/aromatic N) is 3. The zero-order valence-electron chi connectivity index (χ0n) is 45.4. The number of aryl methyl sites for hydroxylation is 7. The first kappa shape index (κ1) is 47.2. The van der Waals surface area contributed by atoms with Crippen LogP contribution in [0.15, 0.2) is 181 Å². The average Bonchev–Trinajstić information content (AvgIpc) is 3.99. The van der Waals surface area contributed by atoms with Crippen LogP contribution in [-0.2, 0) is 5.41 Å². The van der Waals surface area contributed by atoms with Crippen molar-refractivity contribution in [3.63, 3.8) is 0 Å². The number of anilines is 6. The summed E-state index contributed by atoms with van der Waals surface area (Å²) < 4.78 is 9.10. The molecule has 0 atom stereocenters. The third-order valence-electron chi connectivity index (χ3n) is 16.5. The second-order valence-electron chi connectivity index (χ2n) is 22.7. The fourth-order valence-corrected chi connectivity index (χ4v) is 13.2. The topological polar surface area (TPSA) is 24.6 Å². The van der Waals surface area contributed by atoms with Crippen LogP contribution in [-0.4, -0.2) is 11.3 Å². The minimum atomic E-state index is -0.0767. The molecule has 0 unspecified atom stereocenters. The zero-order valence-corrected chi connectivity index (χ0v) is 45.4. The van der Waals surface area contributed by atoms with Crippen molar-refractivity contribution in [2.24, 2.45) is 0 Å². The number of hydrogen-bond donors (Lipinski definition) is 0. The number of furan rings is 1. The molecule has 4 nitrogen and oxygen atoms in total. The molecule has 0 spiro atoms. The number of rotatable bonds is 6. The molecule has 13 rings (SSSR count). The summed E-state index contributed by atoms with van der Waals surface area (Å²) in [5.41, 5.74) is 30.4. The Bertz CT molecular complexity index is 4340. The van der Waals surface area contributed by atoms with Gasteiger partial charge in [0.1, 0.15) is 11.0 Å². The standard InChI is InChI=1S/C71H62BN3O/c1-13-53(70-48(9)54-26-18-20-29-65(54)76-70)51-36-46(7)69(47(8)37-51)75-62-40-60-56(55-27-17-19-28-59(55)73(60)67-42(3)22-21-23-43(67)4)39-58(62)72-57-31-30-52(71(10,11)12)38-61(57)74(63-32-41(2)33-64(75)66(63)72)68-44(5)34-50(35-45(68)6)49-24-15-14-16-25-49/h13-40H,1,9H2,2-8,10-12H3/b70-53-. The van der Waals surface area contributed by atoms with Gasteiger partial charge in [0.05, 0.1) is 28.1 Å². The maximum Gasteiger partial charge on any atom is 0.252 e. The van der Waals surface area contributed by atoms with Gasteiger partial charge in [-0.3, -0.25) is 0 Å². The van der Waals surface area contributed by atoms with Crippen LogP contribution in [0, 0.1) is 48.5 Å². The Balaban J connectivity index is 1.14. The predicted octanol–water partition coefficient (Wildman–Crippen LogP) is 15.5. The number of allylic oxidation sites excluding steroid dienone is 1. The van der Waals surface area contributed by atoms with Crippen molar-refractivity contribution in [3.05, 3.63) is 237 Å². The number of benzene rings is 9. The van der Waals surface area contributed by atoms with Gasteiger partial charge in [0.15, 0.2) is 0 Å². The van der Waals surface area contributed by atoms with E-state index in [4.69, 9.17) is 4.42 Å². The Morgan fingerprint density at radius 3 is 1.72 bits per heavy atom. The van der Waals surface area contributed by atoms with Crippen LogP contribution >= 0.6 is 0 Å². The molecule has 5 heteroatoms. The molecule has 2 aliphatic rings. The lowest BCUT2D eigenvalue weighted by atomic mass is 9.33. The lowest BCUT2D eigenvalue weighted by Crippen LogP contribution is -2.61. The second kappa shape index (κ2) is 17.3. The van der Waals surface area contributed by atoms with Crippen LogP contribution < -0.4 is 36.8 Å². The third-order valence-corrected chi connectivity index (χ3v) is 16.5. The Morgan fingerprint density at radius 2 is 1.09 bits per heavy atom. The van der Waals surface area contributed by atoms with E-state index in [9.17, 15) is 0 Å². The lowest BCUT2D eigenvalue weighted by molar-refractivity contribution is 0.573. The van der Waals surface area contributed by atoms with Gasteiger partial charge in [0.25, 0.3) is 6.71 Å². The Hall–Kier alpha value is -8.54. The molecule has 11 aromatic rings. The molecule has 0 bridgehead atoms. The van der Waals surface area contributed by atoms with Crippen molar-refractivity contribution in [3.8, 4) is 16.8 Å². The minimum absolute atomic E-state index is 0.0721. The minimum Gasteiger partial charge on any atom is -0.455 e. The SMILES string of the molecule is C=C/C(c1cc(C)c(N2c3cc4c(cc3B3c5ccc(C(C)(C)C)cc5N(c5c(C)cc(-c6ccccc6)cc5C)c5cc(C)cc2c53)c2ccccc2n4-c2c(C)cccc2C)c(C)c1)=c1/oc2ccccc2c1=C. The number of aromatic nitrogens is 1. The number of fused-ring (bicyclic) bond motifs is 8. The lowest BCUT2D eigenvalue weighted by Gasteiger charge is -2.46. The molecule has 0 N–H and O–H groups in total.